The summed E-state index contributed by atoms with van der Waals surface area (Å²) >= 11 is 5.09. The van der Waals surface area contributed by atoms with E-state index in [4.69, 9.17) is 0 Å². The zero-order chi connectivity index (χ0) is 13.1. The molecule has 1 aromatic rings. The quantitative estimate of drug-likeness (QED) is 0.849. The molecule has 0 aromatic heterocycles. The Morgan fingerprint density at radius 3 is 3.11 bits per heavy atom. The van der Waals surface area contributed by atoms with Crippen LogP contribution in [0.1, 0.15) is 5.56 Å². The molecule has 1 aliphatic rings. The van der Waals surface area contributed by atoms with Gasteiger partial charge in [-0.25, -0.2) is 4.39 Å². The second-order valence-electron chi connectivity index (χ2n) is 4.45. The number of hydrogen-bond donors (Lipinski definition) is 0. The van der Waals surface area contributed by atoms with Crippen molar-refractivity contribution in [2.24, 2.45) is 0 Å². The number of halogens is 2. The summed E-state index contributed by atoms with van der Waals surface area (Å²) in [5, 5.41) is 0. The van der Waals surface area contributed by atoms with E-state index in [0.717, 1.165) is 22.5 Å². The molecule has 1 aromatic carbocycles. The van der Waals surface area contributed by atoms with Gasteiger partial charge in [0.1, 0.15) is 5.82 Å². The van der Waals surface area contributed by atoms with Crippen LogP contribution in [-0.2, 0) is 11.2 Å². The van der Waals surface area contributed by atoms with Crippen molar-refractivity contribution >= 4 is 33.5 Å². The van der Waals surface area contributed by atoms with E-state index in [9.17, 15) is 9.18 Å². The molecule has 0 aliphatic carbocycles. The van der Waals surface area contributed by atoms with Crippen LogP contribution >= 0.6 is 27.7 Å². The number of likely N-dealkylation sites (N-methyl/N-ethyl adjacent to an activating group) is 1. The minimum Gasteiger partial charge on any atom is -0.298 e. The topological polar surface area (TPSA) is 20.3 Å². The Bertz CT molecular complexity index is 455. The predicted molar refractivity (Wildman–Crippen MR) is 76.6 cm³/mol. The monoisotopic (exact) mass is 331 g/mol. The number of ketones is 1. The first-order valence-electron chi connectivity index (χ1n) is 5.82. The van der Waals surface area contributed by atoms with E-state index in [2.05, 4.69) is 20.8 Å². The number of thioether (sulfide) groups is 1. The summed E-state index contributed by atoms with van der Waals surface area (Å²) in [4.78, 5) is 14.3. The van der Waals surface area contributed by atoms with Gasteiger partial charge in [0.25, 0.3) is 0 Å². The van der Waals surface area contributed by atoms with E-state index in [-0.39, 0.29) is 24.1 Å². The molecule has 1 heterocycles. The average Bonchev–Trinajstić information content (AvgIpc) is 2.34. The van der Waals surface area contributed by atoms with Crippen molar-refractivity contribution < 1.29 is 9.18 Å². The lowest BCUT2D eigenvalue weighted by Crippen LogP contribution is -2.45. The Labute approximate surface area is 119 Å². The minimum atomic E-state index is -0.308. The Morgan fingerprint density at radius 2 is 2.39 bits per heavy atom. The van der Waals surface area contributed by atoms with Crippen molar-refractivity contribution in [2.75, 3.05) is 25.1 Å². The number of hydrogen-bond acceptors (Lipinski definition) is 3. The van der Waals surface area contributed by atoms with E-state index in [1.807, 2.05) is 7.05 Å². The fourth-order valence-electron chi connectivity index (χ4n) is 2.01. The predicted octanol–water partition coefficient (Wildman–Crippen LogP) is 2.75. The van der Waals surface area contributed by atoms with Crippen molar-refractivity contribution in [3.63, 3.8) is 0 Å². The lowest BCUT2D eigenvalue weighted by Gasteiger charge is -2.30. The van der Waals surface area contributed by atoms with Crippen molar-refractivity contribution in [1.29, 1.82) is 0 Å². The molecule has 5 heteroatoms. The number of rotatable bonds is 3. The van der Waals surface area contributed by atoms with Gasteiger partial charge in [0.2, 0.25) is 0 Å². The largest absolute Gasteiger partial charge is 0.298 e. The number of Topliss-reactive ketones (excluding diaryl/α,β-unsaturated/α-hetero) is 1. The summed E-state index contributed by atoms with van der Waals surface area (Å²) in [6, 6.07) is 4.64. The fourth-order valence-corrected chi connectivity index (χ4v) is 3.67. The van der Waals surface area contributed by atoms with Crippen molar-refractivity contribution in [3.05, 3.63) is 34.1 Å². The molecular weight excluding hydrogens is 317 g/mol. The van der Waals surface area contributed by atoms with Gasteiger partial charge in [-0.1, -0.05) is 15.9 Å². The van der Waals surface area contributed by atoms with Crippen LogP contribution in [0, 0.1) is 5.82 Å². The smallest absolute Gasteiger partial charge is 0.155 e. The van der Waals surface area contributed by atoms with Gasteiger partial charge in [-0.15, -0.1) is 0 Å². The highest BCUT2D eigenvalue weighted by molar-refractivity contribution is 9.10. The third-order valence-electron chi connectivity index (χ3n) is 3.14. The van der Waals surface area contributed by atoms with E-state index in [1.54, 1.807) is 23.9 Å². The molecular formula is C13H15BrFNOS. The first-order valence-corrected chi connectivity index (χ1v) is 7.77. The summed E-state index contributed by atoms with van der Waals surface area (Å²) in [5.41, 5.74) is 0.471. The summed E-state index contributed by atoms with van der Waals surface area (Å²) < 4.78 is 14.4. The summed E-state index contributed by atoms with van der Waals surface area (Å²) in [6.07, 6.45) is 0.167. The van der Waals surface area contributed by atoms with Crippen LogP contribution in [0.4, 0.5) is 4.39 Å². The maximum Gasteiger partial charge on any atom is 0.155 e. The fraction of sp³-hybridized carbons (Fsp3) is 0.462. The molecule has 0 bridgehead atoms. The number of nitrogens with zero attached hydrogens (tertiary/aromatic N) is 1. The molecule has 0 saturated carbocycles. The van der Waals surface area contributed by atoms with Gasteiger partial charge < -0.3 is 0 Å². The molecule has 0 amide bonds. The molecule has 1 atom stereocenters. The third kappa shape index (κ3) is 3.33. The second-order valence-corrected chi connectivity index (χ2v) is 6.52. The highest BCUT2D eigenvalue weighted by Crippen LogP contribution is 2.20. The van der Waals surface area contributed by atoms with E-state index in [0.29, 0.717) is 5.56 Å². The third-order valence-corrected chi connectivity index (χ3v) is 4.66. The second kappa shape index (κ2) is 6.17. The molecule has 98 valence electrons. The van der Waals surface area contributed by atoms with Crippen molar-refractivity contribution in [3.8, 4) is 0 Å². The highest BCUT2D eigenvalue weighted by atomic mass is 79.9. The standard InChI is InChI=1S/C13H15BrFNOS/c1-16-4-5-18-8-12(16)13(17)7-9-6-10(14)2-3-11(9)15/h2-3,6,12H,4-5,7-8H2,1H3. The Balaban J connectivity index is 2.08. The lowest BCUT2D eigenvalue weighted by molar-refractivity contribution is -0.122. The molecule has 2 nitrogen and oxygen atoms in total. The zero-order valence-corrected chi connectivity index (χ0v) is 12.6. The van der Waals surface area contributed by atoms with Crippen molar-refractivity contribution in [1.82, 2.24) is 4.90 Å². The summed E-state index contributed by atoms with van der Waals surface area (Å²) in [7, 11) is 1.96. The minimum absolute atomic E-state index is 0.0814. The van der Waals surface area contributed by atoms with Crippen LogP contribution in [0.15, 0.2) is 22.7 Å². The number of carbonyl (C=O) groups is 1. The first kappa shape index (κ1) is 14.0. The van der Waals surface area contributed by atoms with Gasteiger partial charge in [0.15, 0.2) is 5.78 Å². The van der Waals surface area contributed by atoms with Crippen LogP contribution in [0.3, 0.4) is 0 Å². The molecule has 0 N–H and O–H groups in total. The van der Waals surface area contributed by atoms with Crippen LogP contribution in [0.2, 0.25) is 0 Å². The lowest BCUT2D eigenvalue weighted by atomic mass is 10.0. The van der Waals surface area contributed by atoms with Crippen LogP contribution in [0.25, 0.3) is 0 Å². The molecule has 1 saturated heterocycles. The maximum atomic E-state index is 13.6. The van der Waals surface area contributed by atoms with Gasteiger partial charge in [-0.2, -0.15) is 11.8 Å². The zero-order valence-electron chi connectivity index (χ0n) is 10.2. The van der Waals surface area contributed by atoms with Gasteiger partial charge in [0.05, 0.1) is 6.04 Å². The summed E-state index contributed by atoms with van der Waals surface area (Å²) in [5.74, 6) is 1.66. The molecule has 1 fully saturated rings. The number of benzene rings is 1. The van der Waals surface area contributed by atoms with Crippen LogP contribution in [0.5, 0.6) is 0 Å². The average molecular weight is 332 g/mol. The van der Waals surface area contributed by atoms with Crippen LogP contribution in [-0.4, -0.2) is 41.8 Å². The first-order chi connectivity index (χ1) is 8.58. The Hall–Kier alpha value is -0.390. The Morgan fingerprint density at radius 1 is 1.61 bits per heavy atom. The molecule has 1 unspecified atom stereocenters. The molecule has 18 heavy (non-hydrogen) atoms. The number of carbonyl (C=O) groups excluding carboxylic acids is 1. The van der Waals surface area contributed by atoms with Crippen molar-refractivity contribution in [2.45, 2.75) is 12.5 Å². The molecule has 0 radical (unpaired) electrons. The van der Waals surface area contributed by atoms with Gasteiger partial charge >= 0.3 is 0 Å². The Kier molecular flexibility index (Phi) is 4.81. The van der Waals surface area contributed by atoms with E-state index < -0.39 is 0 Å². The SMILES string of the molecule is CN1CCSCC1C(=O)Cc1cc(Br)ccc1F. The highest BCUT2D eigenvalue weighted by Gasteiger charge is 2.26. The maximum absolute atomic E-state index is 13.6. The van der Waals surface area contributed by atoms with Gasteiger partial charge in [0, 0.05) is 28.9 Å². The normalized spacial score (nSPS) is 20.9. The van der Waals surface area contributed by atoms with Gasteiger partial charge in [-0.3, -0.25) is 9.69 Å². The van der Waals surface area contributed by atoms with E-state index in [1.165, 1.54) is 6.07 Å². The summed E-state index contributed by atoms with van der Waals surface area (Å²) in [6.45, 7) is 0.919. The van der Waals surface area contributed by atoms with E-state index >= 15 is 0 Å². The molecule has 2 rings (SSSR count). The van der Waals surface area contributed by atoms with Crippen LogP contribution < -0.4 is 0 Å². The molecule has 0 spiro atoms. The van der Waals surface area contributed by atoms with Gasteiger partial charge in [-0.05, 0) is 30.8 Å². The molecule has 1 aliphatic heterocycles.